The van der Waals surface area contributed by atoms with Crippen molar-refractivity contribution in [2.24, 2.45) is 0 Å². The van der Waals surface area contributed by atoms with Gasteiger partial charge in [0.05, 0.1) is 0 Å². The van der Waals surface area contributed by atoms with E-state index in [4.69, 9.17) is 0 Å². The summed E-state index contributed by atoms with van der Waals surface area (Å²) in [6.45, 7) is 4.19. The van der Waals surface area contributed by atoms with Crippen molar-refractivity contribution in [2.75, 3.05) is 0 Å². The van der Waals surface area contributed by atoms with Crippen molar-refractivity contribution >= 4 is 22.4 Å². The lowest BCUT2D eigenvalue weighted by atomic mass is 10.0. The molecule has 2 heteroatoms. The van der Waals surface area contributed by atoms with Crippen LogP contribution in [0.2, 0.25) is 0 Å². The summed E-state index contributed by atoms with van der Waals surface area (Å²) in [6, 6.07) is 18.6. The van der Waals surface area contributed by atoms with E-state index in [9.17, 15) is 8.78 Å². The van der Waals surface area contributed by atoms with E-state index in [1.165, 1.54) is 18.4 Å². The Kier molecular flexibility index (Phi) is 7.96. The summed E-state index contributed by atoms with van der Waals surface area (Å²) in [5, 5.41) is 1.96. The fourth-order valence-electron chi connectivity index (χ4n) is 3.65. The Labute approximate surface area is 179 Å². The van der Waals surface area contributed by atoms with Crippen LogP contribution in [0.3, 0.4) is 0 Å². The summed E-state index contributed by atoms with van der Waals surface area (Å²) in [5.41, 5.74) is 2.96. The maximum Gasteiger partial charge on any atom is 0.166 e. The van der Waals surface area contributed by atoms with Gasteiger partial charge in [0.1, 0.15) is 0 Å². The van der Waals surface area contributed by atoms with Gasteiger partial charge >= 0.3 is 0 Å². The maximum atomic E-state index is 14.9. The predicted octanol–water partition coefficient (Wildman–Crippen LogP) is 8.85. The quantitative estimate of drug-likeness (QED) is 0.190. The van der Waals surface area contributed by atoms with Crippen LogP contribution in [0.15, 0.2) is 72.8 Å². The van der Waals surface area contributed by atoms with Gasteiger partial charge in [-0.25, -0.2) is 8.78 Å². The summed E-state index contributed by atoms with van der Waals surface area (Å²) in [7, 11) is 0. The molecule has 0 N–H and O–H groups in total. The van der Waals surface area contributed by atoms with Crippen LogP contribution in [0, 0.1) is 0 Å². The molecule has 3 aromatic carbocycles. The van der Waals surface area contributed by atoms with Crippen LogP contribution < -0.4 is 0 Å². The Bertz CT molecular complexity index is 1030. The first-order valence-electron chi connectivity index (χ1n) is 10.9. The van der Waals surface area contributed by atoms with Crippen LogP contribution >= 0.6 is 0 Å². The molecule has 3 rings (SSSR count). The largest absolute Gasteiger partial charge is 0.203 e. The molecule has 30 heavy (non-hydrogen) atoms. The van der Waals surface area contributed by atoms with E-state index in [0.29, 0.717) is 0 Å². The van der Waals surface area contributed by atoms with E-state index in [0.717, 1.165) is 42.0 Å². The van der Waals surface area contributed by atoms with Crippen molar-refractivity contribution in [3.05, 3.63) is 95.1 Å². The Morgan fingerprint density at radius 3 is 2.10 bits per heavy atom. The van der Waals surface area contributed by atoms with E-state index in [2.05, 4.69) is 31.2 Å². The fourth-order valence-corrected chi connectivity index (χ4v) is 3.65. The van der Waals surface area contributed by atoms with Gasteiger partial charge in [-0.1, -0.05) is 86.5 Å². The van der Waals surface area contributed by atoms with E-state index in [1.807, 2.05) is 31.2 Å². The van der Waals surface area contributed by atoms with E-state index in [1.54, 1.807) is 24.3 Å². The number of hydrogen-bond donors (Lipinski definition) is 0. The topological polar surface area (TPSA) is 0 Å². The van der Waals surface area contributed by atoms with Gasteiger partial charge < -0.3 is 0 Å². The second-order valence-corrected chi connectivity index (χ2v) is 7.79. The van der Waals surface area contributed by atoms with Crippen LogP contribution in [0.1, 0.15) is 61.8 Å². The van der Waals surface area contributed by atoms with Crippen molar-refractivity contribution in [2.45, 2.75) is 52.4 Å². The maximum absolute atomic E-state index is 14.9. The highest BCUT2D eigenvalue weighted by atomic mass is 19.2. The molecule has 0 bridgehead atoms. The molecule has 0 radical (unpaired) electrons. The summed E-state index contributed by atoms with van der Waals surface area (Å²) >= 11 is 0. The zero-order chi connectivity index (χ0) is 21.3. The molecule has 0 nitrogen and oxygen atoms in total. The number of halogens is 2. The number of unbranched alkanes of at least 4 members (excludes halogenated alkanes) is 2. The standard InChI is InChI=1S/C28H30F2/c1-3-5-7-9-21-11-14-23(15-12-21)27(29)28(30)26-18-17-24-19-22(10-8-6-4-2)13-16-25(24)20-26/h4,6,11-20H,3,5,7-10H2,1-2H3/b6-4+,28-27?. The number of allylic oxidation sites excluding steroid dienone is 2. The normalized spacial score (nSPS) is 12.5. The van der Waals surface area contributed by atoms with Gasteiger partial charge in [0.15, 0.2) is 11.7 Å². The molecular formula is C28H30F2. The molecule has 0 atom stereocenters. The van der Waals surface area contributed by atoms with Gasteiger partial charge in [0.2, 0.25) is 0 Å². The molecule has 0 saturated carbocycles. The fraction of sp³-hybridized carbons (Fsp3) is 0.286. The van der Waals surface area contributed by atoms with Gasteiger partial charge in [-0.2, -0.15) is 0 Å². The van der Waals surface area contributed by atoms with Crippen LogP contribution in [-0.2, 0) is 12.8 Å². The Hall–Kier alpha value is -2.74. The van der Waals surface area contributed by atoms with E-state index in [-0.39, 0.29) is 11.1 Å². The number of aryl methyl sites for hydroxylation is 2. The zero-order valence-corrected chi connectivity index (χ0v) is 17.9. The highest BCUT2D eigenvalue weighted by Gasteiger charge is 2.12. The Balaban J connectivity index is 1.79. The molecule has 0 aliphatic carbocycles. The van der Waals surface area contributed by atoms with Gasteiger partial charge in [-0.3, -0.25) is 0 Å². The first-order chi connectivity index (χ1) is 14.6. The molecule has 0 aliphatic heterocycles. The number of hydrogen-bond acceptors (Lipinski definition) is 0. The molecule has 156 valence electrons. The summed E-state index contributed by atoms with van der Waals surface area (Å²) < 4.78 is 29.7. The van der Waals surface area contributed by atoms with Crippen molar-refractivity contribution < 1.29 is 8.78 Å². The predicted molar refractivity (Wildman–Crippen MR) is 126 cm³/mol. The second kappa shape index (κ2) is 10.9. The van der Waals surface area contributed by atoms with Gasteiger partial charge in [-0.05, 0) is 60.6 Å². The van der Waals surface area contributed by atoms with Crippen molar-refractivity contribution in [3.8, 4) is 0 Å². The third-order valence-electron chi connectivity index (χ3n) is 5.46. The molecule has 0 spiro atoms. The van der Waals surface area contributed by atoms with E-state index >= 15 is 0 Å². The molecule has 0 unspecified atom stereocenters. The van der Waals surface area contributed by atoms with Crippen LogP contribution in [0.5, 0.6) is 0 Å². The summed E-state index contributed by atoms with van der Waals surface area (Å²) in [4.78, 5) is 0. The highest BCUT2D eigenvalue weighted by Crippen LogP contribution is 2.31. The van der Waals surface area contributed by atoms with Crippen LogP contribution in [-0.4, -0.2) is 0 Å². The lowest BCUT2D eigenvalue weighted by molar-refractivity contribution is 0.699. The Morgan fingerprint density at radius 2 is 1.37 bits per heavy atom. The molecule has 0 heterocycles. The second-order valence-electron chi connectivity index (χ2n) is 7.79. The average Bonchev–Trinajstić information content (AvgIpc) is 2.78. The smallest absolute Gasteiger partial charge is 0.166 e. The SMILES string of the molecule is C/C=C/CCc1ccc2cc(C(F)=C(F)c3ccc(CCCCC)cc3)ccc2c1. The summed E-state index contributed by atoms with van der Waals surface area (Å²) in [6.07, 6.45) is 10.6. The number of benzene rings is 3. The lowest BCUT2D eigenvalue weighted by Gasteiger charge is -2.07. The number of fused-ring (bicyclic) bond motifs is 1. The van der Waals surface area contributed by atoms with Crippen LogP contribution in [0.25, 0.3) is 22.4 Å². The monoisotopic (exact) mass is 404 g/mol. The van der Waals surface area contributed by atoms with Crippen molar-refractivity contribution in [1.29, 1.82) is 0 Å². The molecule has 0 saturated heterocycles. The van der Waals surface area contributed by atoms with Crippen molar-refractivity contribution in [1.82, 2.24) is 0 Å². The summed E-state index contributed by atoms with van der Waals surface area (Å²) in [5.74, 6) is -1.62. The highest BCUT2D eigenvalue weighted by molar-refractivity contribution is 5.90. The van der Waals surface area contributed by atoms with Gasteiger partial charge in [-0.15, -0.1) is 0 Å². The first-order valence-corrected chi connectivity index (χ1v) is 10.9. The van der Waals surface area contributed by atoms with E-state index < -0.39 is 11.7 Å². The lowest BCUT2D eigenvalue weighted by Crippen LogP contribution is -1.89. The molecular weight excluding hydrogens is 374 g/mol. The van der Waals surface area contributed by atoms with Gasteiger partial charge in [0.25, 0.3) is 0 Å². The third kappa shape index (κ3) is 5.66. The molecule has 0 fully saturated rings. The van der Waals surface area contributed by atoms with Crippen molar-refractivity contribution in [3.63, 3.8) is 0 Å². The molecule has 0 aliphatic rings. The first kappa shape index (κ1) is 22.0. The molecule has 0 amide bonds. The molecule has 0 aromatic heterocycles. The number of rotatable bonds is 9. The average molecular weight is 405 g/mol. The zero-order valence-electron chi connectivity index (χ0n) is 17.9. The third-order valence-corrected chi connectivity index (χ3v) is 5.46. The Morgan fingerprint density at radius 1 is 0.733 bits per heavy atom. The molecule has 3 aromatic rings. The van der Waals surface area contributed by atoms with Crippen LogP contribution in [0.4, 0.5) is 8.78 Å². The minimum Gasteiger partial charge on any atom is -0.203 e. The minimum atomic E-state index is -0.812. The minimum absolute atomic E-state index is 0.272. The van der Waals surface area contributed by atoms with Gasteiger partial charge in [0, 0.05) is 11.1 Å².